The minimum absolute atomic E-state index is 0.0834. The number of halogens is 1. The lowest BCUT2D eigenvalue weighted by atomic mass is 10.1. The molecule has 1 rings (SSSR count). The van der Waals surface area contributed by atoms with Crippen molar-refractivity contribution >= 4 is 33.6 Å². The van der Waals surface area contributed by atoms with Crippen LogP contribution in [0, 0.1) is 0 Å². The zero-order valence-electron chi connectivity index (χ0n) is 11.5. The lowest BCUT2D eigenvalue weighted by Crippen LogP contribution is -2.41. The Morgan fingerprint density at radius 1 is 1.40 bits per heavy atom. The van der Waals surface area contributed by atoms with E-state index in [9.17, 15) is 9.59 Å². The summed E-state index contributed by atoms with van der Waals surface area (Å²) in [5.74, 6) is -1.07. The molecular formula is C13H17BrN2O4. The van der Waals surface area contributed by atoms with Crippen LogP contribution in [0.5, 0.6) is 0 Å². The van der Waals surface area contributed by atoms with E-state index in [-0.39, 0.29) is 5.56 Å². The number of aromatic carboxylic acids is 1. The van der Waals surface area contributed by atoms with Crippen LogP contribution in [-0.4, -0.2) is 36.4 Å². The average Bonchev–Trinajstić information content (AvgIpc) is 2.38. The van der Waals surface area contributed by atoms with Crippen molar-refractivity contribution in [3.8, 4) is 0 Å². The van der Waals surface area contributed by atoms with Crippen LogP contribution in [0.2, 0.25) is 0 Å². The molecule has 0 aliphatic heterocycles. The number of rotatable bonds is 5. The first-order chi connectivity index (χ1) is 9.25. The summed E-state index contributed by atoms with van der Waals surface area (Å²) in [4.78, 5) is 22.7. The van der Waals surface area contributed by atoms with Crippen LogP contribution in [-0.2, 0) is 4.74 Å². The number of methoxy groups -OCH3 is 1. The van der Waals surface area contributed by atoms with E-state index in [4.69, 9.17) is 9.84 Å². The van der Waals surface area contributed by atoms with Gasteiger partial charge in [-0.15, -0.1) is 0 Å². The van der Waals surface area contributed by atoms with Gasteiger partial charge in [-0.25, -0.2) is 9.59 Å². The van der Waals surface area contributed by atoms with Gasteiger partial charge in [-0.05, 0) is 48.0 Å². The Morgan fingerprint density at radius 2 is 2.05 bits per heavy atom. The lowest BCUT2D eigenvalue weighted by molar-refractivity contribution is 0.0257. The molecule has 0 fully saturated rings. The predicted molar refractivity (Wildman–Crippen MR) is 79.2 cm³/mol. The number of nitrogens with one attached hydrogen (secondary N) is 2. The molecule has 3 N–H and O–H groups in total. The number of carbonyl (C=O) groups is 2. The number of carboxylic acid groups (broad SMARTS) is 1. The van der Waals surface area contributed by atoms with Gasteiger partial charge in [0, 0.05) is 23.8 Å². The molecule has 0 saturated carbocycles. The van der Waals surface area contributed by atoms with Crippen molar-refractivity contribution in [2.45, 2.75) is 19.4 Å². The standard InChI is InChI=1S/C13H17BrN2O4/c1-13(2,20-3)7-15-12(19)16-8-4-5-10(14)9(6-8)11(17)18/h4-6H,7H2,1-3H3,(H,17,18)(H2,15,16,19). The minimum atomic E-state index is -1.07. The number of ether oxygens (including phenoxy) is 1. The Morgan fingerprint density at radius 3 is 2.60 bits per heavy atom. The number of carboxylic acids is 1. The Labute approximate surface area is 125 Å². The third-order valence-corrected chi connectivity index (χ3v) is 3.37. The molecule has 6 nitrogen and oxygen atoms in total. The Kier molecular flexibility index (Phi) is 5.52. The maximum atomic E-state index is 11.7. The van der Waals surface area contributed by atoms with Gasteiger partial charge in [-0.2, -0.15) is 0 Å². The highest BCUT2D eigenvalue weighted by Gasteiger charge is 2.17. The average molecular weight is 345 g/mol. The van der Waals surface area contributed by atoms with Crippen LogP contribution < -0.4 is 10.6 Å². The van der Waals surface area contributed by atoms with Crippen LogP contribution in [0.3, 0.4) is 0 Å². The Balaban J connectivity index is 2.67. The number of anilines is 1. The van der Waals surface area contributed by atoms with Crippen LogP contribution in [0.25, 0.3) is 0 Å². The number of carbonyl (C=O) groups excluding carboxylic acids is 1. The first-order valence-corrected chi connectivity index (χ1v) is 6.67. The number of hydrogen-bond acceptors (Lipinski definition) is 3. The van der Waals surface area contributed by atoms with E-state index in [0.717, 1.165) is 0 Å². The van der Waals surface area contributed by atoms with Crippen molar-refractivity contribution in [1.82, 2.24) is 5.32 Å². The van der Waals surface area contributed by atoms with Gasteiger partial charge < -0.3 is 20.5 Å². The lowest BCUT2D eigenvalue weighted by Gasteiger charge is -2.23. The molecule has 7 heteroatoms. The van der Waals surface area contributed by atoms with Gasteiger partial charge in [0.05, 0.1) is 11.2 Å². The topological polar surface area (TPSA) is 87.7 Å². The van der Waals surface area contributed by atoms with Crippen molar-refractivity contribution < 1.29 is 19.4 Å². The molecule has 0 saturated heterocycles. The highest BCUT2D eigenvalue weighted by atomic mass is 79.9. The third kappa shape index (κ3) is 4.82. The molecule has 20 heavy (non-hydrogen) atoms. The van der Waals surface area contributed by atoms with Gasteiger partial charge in [0.25, 0.3) is 0 Å². The molecular weight excluding hydrogens is 328 g/mol. The minimum Gasteiger partial charge on any atom is -0.478 e. The summed E-state index contributed by atoms with van der Waals surface area (Å²) in [6.07, 6.45) is 0. The fourth-order valence-corrected chi connectivity index (χ4v) is 1.72. The quantitative estimate of drug-likeness (QED) is 0.766. The first kappa shape index (κ1) is 16.5. The molecule has 1 aromatic rings. The molecule has 2 amide bonds. The SMILES string of the molecule is COC(C)(C)CNC(=O)Nc1ccc(Br)c(C(=O)O)c1. The van der Waals surface area contributed by atoms with E-state index in [1.807, 2.05) is 13.8 Å². The van der Waals surface area contributed by atoms with E-state index in [2.05, 4.69) is 26.6 Å². The smallest absolute Gasteiger partial charge is 0.336 e. The summed E-state index contributed by atoms with van der Waals surface area (Å²) in [6.45, 7) is 4.02. The molecule has 0 aliphatic carbocycles. The van der Waals surface area contributed by atoms with Crippen molar-refractivity contribution in [2.24, 2.45) is 0 Å². The molecule has 0 aromatic heterocycles. The molecule has 0 aliphatic rings. The van der Waals surface area contributed by atoms with Crippen molar-refractivity contribution in [1.29, 1.82) is 0 Å². The van der Waals surface area contributed by atoms with Gasteiger partial charge in [-0.3, -0.25) is 0 Å². The number of benzene rings is 1. The fourth-order valence-electron chi connectivity index (χ4n) is 1.31. The molecule has 0 unspecified atom stereocenters. The predicted octanol–water partition coefficient (Wildman–Crippen LogP) is 2.69. The van der Waals surface area contributed by atoms with Gasteiger partial charge in [0.15, 0.2) is 0 Å². The van der Waals surface area contributed by atoms with Crippen LogP contribution in [0.4, 0.5) is 10.5 Å². The van der Waals surface area contributed by atoms with E-state index < -0.39 is 17.6 Å². The zero-order chi connectivity index (χ0) is 15.3. The van der Waals surface area contributed by atoms with Crippen molar-refractivity contribution in [3.63, 3.8) is 0 Å². The summed E-state index contributed by atoms with van der Waals surface area (Å²) < 4.78 is 5.63. The molecule has 110 valence electrons. The Bertz CT molecular complexity index is 517. The van der Waals surface area contributed by atoms with Crippen LogP contribution in [0.1, 0.15) is 24.2 Å². The number of amides is 2. The van der Waals surface area contributed by atoms with Crippen LogP contribution >= 0.6 is 15.9 Å². The van der Waals surface area contributed by atoms with E-state index in [0.29, 0.717) is 16.7 Å². The fraction of sp³-hybridized carbons (Fsp3) is 0.385. The highest BCUT2D eigenvalue weighted by Crippen LogP contribution is 2.21. The molecule has 0 heterocycles. The molecule has 0 radical (unpaired) electrons. The summed E-state index contributed by atoms with van der Waals surface area (Å²) in [6, 6.07) is 4.14. The molecule has 0 atom stereocenters. The van der Waals surface area contributed by atoms with Gasteiger partial charge in [-0.1, -0.05) is 0 Å². The maximum absolute atomic E-state index is 11.7. The summed E-state index contributed by atoms with van der Waals surface area (Å²) >= 11 is 3.14. The van der Waals surface area contributed by atoms with E-state index >= 15 is 0 Å². The normalized spacial score (nSPS) is 11.0. The second-order valence-electron chi connectivity index (χ2n) is 4.77. The Hall–Kier alpha value is -1.60. The number of hydrogen-bond donors (Lipinski definition) is 3. The van der Waals surface area contributed by atoms with E-state index in [1.165, 1.54) is 6.07 Å². The van der Waals surface area contributed by atoms with Crippen LogP contribution in [0.15, 0.2) is 22.7 Å². The van der Waals surface area contributed by atoms with Crippen molar-refractivity contribution in [2.75, 3.05) is 19.0 Å². The summed E-state index contributed by atoms with van der Waals surface area (Å²) in [5.41, 5.74) is 0.0156. The largest absolute Gasteiger partial charge is 0.478 e. The van der Waals surface area contributed by atoms with Gasteiger partial charge in [0.1, 0.15) is 0 Å². The highest BCUT2D eigenvalue weighted by molar-refractivity contribution is 9.10. The first-order valence-electron chi connectivity index (χ1n) is 5.88. The zero-order valence-corrected chi connectivity index (χ0v) is 13.1. The number of urea groups is 1. The third-order valence-electron chi connectivity index (χ3n) is 2.68. The molecule has 0 spiro atoms. The maximum Gasteiger partial charge on any atom is 0.336 e. The molecule has 1 aromatic carbocycles. The van der Waals surface area contributed by atoms with Gasteiger partial charge >= 0.3 is 12.0 Å². The van der Waals surface area contributed by atoms with Crippen molar-refractivity contribution in [3.05, 3.63) is 28.2 Å². The monoisotopic (exact) mass is 344 g/mol. The summed E-state index contributed by atoms with van der Waals surface area (Å²) in [7, 11) is 1.56. The molecule has 0 bridgehead atoms. The van der Waals surface area contributed by atoms with E-state index in [1.54, 1.807) is 19.2 Å². The second kappa shape index (κ2) is 6.71. The van der Waals surface area contributed by atoms with Gasteiger partial charge in [0.2, 0.25) is 0 Å². The summed E-state index contributed by atoms with van der Waals surface area (Å²) in [5, 5.41) is 14.2. The second-order valence-corrected chi connectivity index (χ2v) is 5.63.